The molecule has 2 aromatic carbocycles. The van der Waals surface area contributed by atoms with E-state index in [2.05, 4.69) is 30.9 Å². The zero-order valence-electron chi connectivity index (χ0n) is 13.4. The molecule has 0 radical (unpaired) electrons. The maximum absolute atomic E-state index is 14.4. The van der Waals surface area contributed by atoms with Gasteiger partial charge in [-0.15, -0.1) is 0 Å². The van der Waals surface area contributed by atoms with E-state index in [4.69, 9.17) is 0 Å². The Hall–Kier alpha value is -2.86. The van der Waals surface area contributed by atoms with Crippen LogP contribution in [-0.4, -0.2) is 15.0 Å². The molecule has 0 bridgehead atoms. The number of imidazole rings is 1. The van der Waals surface area contributed by atoms with E-state index in [-0.39, 0.29) is 11.6 Å². The third-order valence-electron chi connectivity index (χ3n) is 3.99. The maximum atomic E-state index is 14.4. The predicted molar refractivity (Wildman–Crippen MR) is 100 cm³/mol. The first-order valence-corrected chi connectivity index (χ1v) is 8.63. The monoisotopic (exact) mass is 411 g/mol. The fourth-order valence-electron chi connectivity index (χ4n) is 2.76. The van der Waals surface area contributed by atoms with Gasteiger partial charge in [0.25, 0.3) is 0 Å². The normalized spacial score (nSPS) is 10.9. The number of aromatic amines is 1. The molecule has 2 aromatic heterocycles. The molecule has 1 N–H and O–H groups in total. The van der Waals surface area contributed by atoms with Crippen molar-refractivity contribution in [2.24, 2.45) is 0 Å². The molecule has 128 valence electrons. The smallest absolute Gasteiger partial charge is 0.142 e. The van der Waals surface area contributed by atoms with Crippen molar-refractivity contribution in [3.05, 3.63) is 83.1 Å². The third kappa shape index (κ3) is 3.04. The van der Waals surface area contributed by atoms with Crippen molar-refractivity contribution in [1.82, 2.24) is 15.0 Å². The summed E-state index contributed by atoms with van der Waals surface area (Å²) in [7, 11) is 0. The summed E-state index contributed by atoms with van der Waals surface area (Å²) < 4.78 is 28.3. The van der Waals surface area contributed by atoms with Crippen LogP contribution in [0, 0.1) is 11.6 Å². The molecule has 26 heavy (non-hydrogen) atoms. The zero-order chi connectivity index (χ0) is 18.1. The summed E-state index contributed by atoms with van der Waals surface area (Å²) in [5, 5.41) is 0. The van der Waals surface area contributed by atoms with E-state index in [0.29, 0.717) is 27.2 Å². The number of hydrogen-bond donors (Lipinski definition) is 1. The molecular weight excluding hydrogens is 400 g/mol. The Balaban J connectivity index is 1.95. The molecule has 0 saturated carbocycles. The minimum Gasteiger partial charge on any atom is -0.337 e. The lowest BCUT2D eigenvalue weighted by molar-refractivity contribution is 0.628. The largest absolute Gasteiger partial charge is 0.337 e. The van der Waals surface area contributed by atoms with Gasteiger partial charge in [-0.2, -0.15) is 0 Å². The standard InChI is InChI=1S/C20H12BrF2N3/c21-15-2-1-3-16(23)17(15)20-25-18(12-4-6-14(22)7-5-12)19(26-20)13-8-10-24-11-9-13/h1-11H,(H,25,26). The van der Waals surface area contributed by atoms with E-state index in [1.54, 1.807) is 36.7 Å². The zero-order valence-corrected chi connectivity index (χ0v) is 15.0. The highest BCUT2D eigenvalue weighted by atomic mass is 79.9. The van der Waals surface area contributed by atoms with Crippen molar-refractivity contribution < 1.29 is 8.78 Å². The van der Waals surface area contributed by atoms with E-state index in [1.165, 1.54) is 18.2 Å². The first-order valence-electron chi connectivity index (χ1n) is 7.84. The highest BCUT2D eigenvalue weighted by molar-refractivity contribution is 9.10. The van der Waals surface area contributed by atoms with Gasteiger partial charge in [-0.05, 0) is 64.5 Å². The highest BCUT2D eigenvalue weighted by Crippen LogP contribution is 2.36. The van der Waals surface area contributed by atoms with Crippen molar-refractivity contribution in [3.63, 3.8) is 0 Å². The number of pyridine rings is 1. The molecule has 4 rings (SSSR count). The van der Waals surface area contributed by atoms with E-state index in [9.17, 15) is 8.78 Å². The summed E-state index contributed by atoms with van der Waals surface area (Å²) in [5.41, 5.74) is 3.25. The quantitative estimate of drug-likeness (QED) is 0.459. The number of benzene rings is 2. The van der Waals surface area contributed by atoms with Crippen LogP contribution in [0.2, 0.25) is 0 Å². The van der Waals surface area contributed by atoms with Crippen molar-refractivity contribution in [3.8, 4) is 33.9 Å². The lowest BCUT2D eigenvalue weighted by Gasteiger charge is -2.03. The van der Waals surface area contributed by atoms with E-state index >= 15 is 0 Å². The fraction of sp³-hybridized carbons (Fsp3) is 0. The summed E-state index contributed by atoms with van der Waals surface area (Å²) in [5.74, 6) is -0.326. The number of nitrogens with one attached hydrogen (secondary N) is 1. The summed E-state index contributed by atoms with van der Waals surface area (Å²) in [6.45, 7) is 0. The topological polar surface area (TPSA) is 41.6 Å². The molecule has 0 spiro atoms. The number of nitrogens with zero attached hydrogens (tertiary/aromatic N) is 2. The third-order valence-corrected chi connectivity index (χ3v) is 4.65. The van der Waals surface area contributed by atoms with Crippen LogP contribution in [0.25, 0.3) is 33.9 Å². The van der Waals surface area contributed by atoms with Crippen LogP contribution in [0.1, 0.15) is 0 Å². The summed E-state index contributed by atoms with van der Waals surface area (Å²) in [6, 6.07) is 14.5. The molecule has 2 heterocycles. The molecular formula is C20H12BrF2N3. The van der Waals surface area contributed by atoms with Crippen LogP contribution in [0.15, 0.2) is 71.5 Å². The predicted octanol–water partition coefficient (Wildman–Crippen LogP) is 5.85. The number of H-pyrrole nitrogens is 1. The van der Waals surface area contributed by atoms with Crippen LogP contribution in [0.5, 0.6) is 0 Å². The minimum absolute atomic E-state index is 0.327. The molecule has 0 saturated heterocycles. The second-order valence-electron chi connectivity index (χ2n) is 5.65. The Morgan fingerprint density at radius 1 is 0.846 bits per heavy atom. The molecule has 0 unspecified atom stereocenters. The van der Waals surface area contributed by atoms with Crippen LogP contribution in [0.3, 0.4) is 0 Å². The average Bonchev–Trinajstić information content (AvgIpc) is 3.08. The van der Waals surface area contributed by atoms with Gasteiger partial charge >= 0.3 is 0 Å². The molecule has 6 heteroatoms. The molecule has 0 atom stereocenters. The van der Waals surface area contributed by atoms with Crippen LogP contribution in [0.4, 0.5) is 8.78 Å². The fourth-order valence-corrected chi connectivity index (χ4v) is 3.29. The van der Waals surface area contributed by atoms with Gasteiger partial charge in [0.1, 0.15) is 17.5 Å². The molecule has 0 fully saturated rings. The van der Waals surface area contributed by atoms with Gasteiger partial charge in [-0.3, -0.25) is 4.98 Å². The van der Waals surface area contributed by atoms with E-state index < -0.39 is 0 Å². The van der Waals surface area contributed by atoms with E-state index in [0.717, 1.165) is 11.1 Å². The molecule has 0 amide bonds. The second-order valence-corrected chi connectivity index (χ2v) is 6.50. The SMILES string of the molecule is Fc1ccc(-c2nc(-c3c(F)cccc3Br)[nH]c2-c2ccncc2)cc1. The van der Waals surface area contributed by atoms with Gasteiger partial charge in [-0.1, -0.05) is 6.07 Å². The molecule has 0 aliphatic carbocycles. The number of hydrogen-bond acceptors (Lipinski definition) is 2. The van der Waals surface area contributed by atoms with Crippen molar-refractivity contribution in [1.29, 1.82) is 0 Å². The first-order chi connectivity index (χ1) is 12.6. The van der Waals surface area contributed by atoms with Gasteiger partial charge in [0.2, 0.25) is 0 Å². The van der Waals surface area contributed by atoms with Gasteiger partial charge in [0, 0.05) is 28.0 Å². The lowest BCUT2D eigenvalue weighted by Crippen LogP contribution is -1.88. The highest BCUT2D eigenvalue weighted by Gasteiger charge is 2.19. The van der Waals surface area contributed by atoms with Gasteiger partial charge in [-0.25, -0.2) is 13.8 Å². The Bertz CT molecular complexity index is 1040. The summed E-state index contributed by atoms with van der Waals surface area (Å²) in [4.78, 5) is 11.8. The second kappa shape index (κ2) is 6.80. The van der Waals surface area contributed by atoms with Gasteiger partial charge in [0.05, 0.1) is 17.0 Å². The Morgan fingerprint density at radius 2 is 1.58 bits per heavy atom. The van der Waals surface area contributed by atoms with Crippen LogP contribution in [-0.2, 0) is 0 Å². The average molecular weight is 412 g/mol. The van der Waals surface area contributed by atoms with Gasteiger partial charge < -0.3 is 4.98 Å². The van der Waals surface area contributed by atoms with Crippen LogP contribution >= 0.6 is 15.9 Å². The lowest BCUT2D eigenvalue weighted by atomic mass is 10.1. The Morgan fingerprint density at radius 3 is 2.27 bits per heavy atom. The number of rotatable bonds is 3. The van der Waals surface area contributed by atoms with Gasteiger partial charge in [0.15, 0.2) is 0 Å². The van der Waals surface area contributed by atoms with Crippen molar-refractivity contribution in [2.45, 2.75) is 0 Å². The maximum Gasteiger partial charge on any atom is 0.142 e. The Kier molecular flexibility index (Phi) is 4.34. The number of aromatic nitrogens is 3. The Labute approximate surface area is 156 Å². The molecule has 0 aliphatic heterocycles. The molecule has 3 nitrogen and oxygen atoms in total. The first kappa shape index (κ1) is 16.6. The minimum atomic E-state index is -0.389. The van der Waals surface area contributed by atoms with Crippen molar-refractivity contribution >= 4 is 15.9 Å². The summed E-state index contributed by atoms with van der Waals surface area (Å²) >= 11 is 3.38. The molecule has 0 aliphatic rings. The number of halogens is 3. The van der Waals surface area contributed by atoms with Crippen LogP contribution < -0.4 is 0 Å². The van der Waals surface area contributed by atoms with Crippen molar-refractivity contribution in [2.75, 3.05) is 0 Å². The summed E-state index contributed by atoms with van der Waals surface area (Å²) in [6.07, 6.45) is 3.34. The van der Waals surface area contributed by atoms with E-state index in [1.807, 2.05) is 12.1 Å². The molecule has 4 aromatic rings.